The SMILES string of the molecule is CCCc1nccn1-c1cnn2cccnc12. The summed E-state index contributed by atoms with van der Waals surface area (Å²) in [6.07, 6.45) is 11.3. The molecule has 0 atom stereocenters. The van der Waals surface area contributed by atoms with E-state index in [0.29, 0.717) is 0 Å². The number of aromatic nitrogens is 5. The van der Waals surface area contributed by atoms with E-state index in [0.717, 1.165) is 30.0 Å². The molecule has 3 aromatic rings. The van der Waals surface area contributed by atoms with Crippen LogP contribution in [0.5, 0.6) is 0 Å². The Morgan fingerprint density at radius 3 is 3.00 bits per heavy atom. The summed E-state index contributed by atoms with van der Waals surface area (Å²) in [5.74, 6) is 1.05. The van der Waals surface area contributed by atoms with Gasteiger partial charge in [-0.05, 0) is 12.5 Å². The van der Waals surface area contributed by atoms with Crippen molar-refractivity contribution in [1.29, 1.82) is 0 Å². The van der Waals surface area contributed by atoms with E-state index in [2.05, 4.69) is 26.6 Å². The highest BCUT2D eigenvalue weighted by atomic mass is 15.3. The predicted molar refractivity (Wildman–Crippen MR) is 64.1 cm³/mol. The summed E-state index contributed by atoms with van der Waals surface area (Å²) >= 11 is 0. The van der Waals surface area contributed by atoms with Gasteiger partial charge in [-0.25, -0.2) is 14.5 Å². The molecule has 0 fully saturated rings. The molecule has 0 N–H and O–H groups in total. The van der Waals surface area contributed by atoms with E-state index in [1.165, 1.54) is 0 Å². The second-order valence-corrected chi connectivity index (χ2v) is 3.88. The zero-order valence-corrected chi connectivity index (χ0v) is 9.61. The van der Waals surface area contributed by atoms with E-state index in [9.17, 15) is 0 Å². The van der Waals surface area contributed by atoms with Crippen molar-refractivity contribution in [3.05, 3.63) is 42.9 Å². The minimum atomic E-state index is 0.850. The molecule has 5 heteroatoms. The number of imidazole rings is 1. The van der Waals surface area contributed by atoms with Crippen LogP contribution < -0.4 is 0 Å². The molecule has 0 radical (unpaired) electrons. The minimum absolute atomic E-state index is 0.850. The van der Waals surface area contributed by atoms with Crippen LogP contribution >= 0.6 is 0 Å². The summed E-state index contributed by atoms with van der Waals surface area (Å²) in [5.41, 5.74) is 1.83. The van der Waals surface area contributed by atoms with E-state index in [-0.39, 0.29) is 0 Å². The molecule has 0 aliphatic carbocycles. The van der Waals surface area contributed by atoms with Crippen molar-refractivity contribution in [1.82, 2.24) is 24.1 Å². The van der Waals surface area contributed by atoms with E-state index in [4.69, 9.17) is 0 Å². The lowest BCUT2D eigenvalue weighted by Gasteiger charge is -2.04. The Kier molecular flexibility index (Phi) is 2.36. The summed E-state index contributed by atoms with van der Waals surface area (Å²) in [7, 11) is 0. The quantitative estimate of drug-likeness (QED) is 0.686. The largest absolute Gasteiger partial charge is 0.299 e. The van der Waals surface area contributed by atoms with E-state index in [1.807, 2.05) is 30.9 Å². The lowest BCUT2D eigenvalue weighted by molar-refractivity contribution is 0.810. The molecule has 0 saturated heterocycles. The Morgan fingerprint density at radius 1 is 1.18 bits per heavy atom. The standard InChI is InChI=1S/C12H13N5/c1-2-4-11-13-6-8-16(11)10-9-15-17-7-3-5-14-12(10)17/h3,5-9H,2,4H2,1H3. The fourth-order valence-corrected chi connectivity index (χ4v) is 1.95. The molecule has 0 unspecified atom stereocenters. The van der Waals surface area contributed by atoms with Gasteiger partial charge in [0.25, 0.3) is 0 Å². The highest BCUT2D eigenvalue weighted by Crippen LogP contribution is 2.15. The number of nitrogens with zero attached hydrogens (tertiary/aromatic N) is 5. The Labute approximate surface area is 98.7 Å². The van der Waals surface area contributed by atoms with Crippen LogP contribution in [-0.4, -0.2) is 24.1 Å². The van der Waals surface area contributed by atoms with Gasteiger partial charge in [0.05, 0.1) is 6.20 Å². The monoisotopic (exact) mass is 227 g/mol. The van der Waals surface area contributed by atoms with Crippen LogP contribution in [0.25, 0.3) is 11.3 Å². The van der Waals surface area contributed by atoms with Gasteiger partial charge >= 0.3 is 0 Å². The summed E-state index contributed by atoms with van der Waals surface area (Å²) in [4.78, 5) is 8.72. The van der Waals surface area contributed by atoms with Crippen LogP contribution in [0.1, 0.15) is 19.2 Å². The Morgan fingerprint density at radius 2 is 2.12 bits per heavy atom. The molecule has 5 nitrogen and oxygen atoms in total. The van der Waals surface area contributed by atoms with E-state index in [1.54, 1.807) is 10.7 Å². The van der Waals surface area contributed by atoms with Gasteiger partial charge in [0.2, 0.25) is 0 Å². The summed E-state index contributed by atoms with van der Waals surface area (Å²) in [6.45, 7) is 2.15. The second-order valence-electron chi connectivity index (χ2n) is 3.88. The first kappa shape index (κ1) is 10.0. The summed E-state index contributed by atoms with van der Waals surface area (Å²) < 4.78 is 3.82. The van der Waals surface area contributed by atoms with Gasteiger partial charge in [-0.15, -0.1) is 0 Å². The first-order valence-electron chi connectivity index (χ1n) is 5.71. The van der Waals surface area contributed by atoms with Crippen LogP contribution in [0.2, 0.25) is 0 Å². The predicted octanol–water partition coefficient (Wildman–Crippen LogP) is 1.87. The fraction of sp³-hybridized carbons (Fsp3) is 0.250. The fourth-order valence-electron chi connectivity index (χ4n) is 1.95. The average molecular weight is 227 g/mol. The van der Waals surface area contributed by atoms with Crippen molar-refractivity contribution in [2.45, 2.75) is 19.8 Å². The summed E-state index contributed by atoms with van der Waals surface area (Å²) in [5, 5.41) is 4.28. The molecular formula is C12H13N5. The molecule has 86 valence electrons. The van der Waals surface area contributed by atoms with Gasteiger partial charge in [-0.2, -0.15) is 5.10 Å². The third kappa shape index (κ3) is 1.60. The smallest absolute Gasteiger partial charge is 0.179 e. The zero-order valence-electron chi connectivity index (χ0n) is 9.61. The maximum Gasteiger partial charge on any atom is 0.179 e. The third-order valence-corrected chi connectivity index (χ3v) is 2.71. The number of aryl methyl sites for hydroxylation is 1. The van der Waals surface area contributed by atoms with Gasteiger partial charge in [0.15, 0.2) is 5.65 Å². The number of fused-ring (bicyclic) bond motifs is 1. The third-order valence-electron chi connectivity index (χ3n) is 2.71. The van der Waals surface area contributed by atoms with E-state index >= 15 is 0 Å². The van der Waals surface area contributed by atoms with Crippen LogP contribution in [0.4, 0.5) is 0 Å². The van der Waals surface area contributed by atoms with Crippen molar-refractivity contribution < 1.29 is 0 Å². The molecule has 0 aliphatic rings. The van der Waals surface area contributed by atoms with Crippen molar-refractivity contribution in [2.75, 3.05) is 0 Å². The maximum absolute atomic E-state index is 4.37. The molecule has 0 saturated carbocycles. The molecule has 0 aliphatic heterocycles. The van der Waals surface area contributed by atoms with Crippen molar-refractivity contribution >= 4 is 5.65 Å². The number of hydrogen-bond acceptors (Lipinski definition) is 3. The van der Waals surface area contributed by atoms with Crippen molar-refractivity contribution in [2.24, 2.45) is 0 Å². The Bertz CT molecular complexity index is 637. The number of hydrogen-bond donors (Lipinski definition) is 0. The lowest BCUT2D eigenvalue weighted by atomic mass is 10.3. The molecular weight excluding hydrogens is 214 g/mol. The summed E-state index contributed by atoms with van der Waals surface area (Å²) in [6, 6.07) is 1.87. The van der Waals surface area contributed by atoms with Crippen LogP contribution in [0.3, 0.4) is 0 Å². The Hall–Kier alpha value is -2.17. The van der Waals surface area contributed by atoms with Crippen LogP contribution in [0.15, 0.2) is 37.1 Å². The molecule has 0 aromatic carbocycles. The molecule has 0 amide bonds. The normalized spacial score (nSPS) is 11.1. The highest BCUT2D eigenvalue weighted by Gasteiger charge is 2.10. The Balaban J connectivity index is 2.17. The van der Waals surface area contributed by atoms with Crippen molar-refractivity contribution in [3.8, 4) is 5.69 Å². The molecule has 0 spiro atoms. The van der Waals surface area contributed by atoms with Crippen LogP contribution in [-0.2, 0) is 6.42 Å². The highest BCUT2D eigenvalue weighted by molar-refractivity contribution is 5.57. The van der Waals surface area contributed by atoms with Crippen LogP contribution in [0, 0.1) is 0 Å². The lowest BCUT2D eigenvalue weighted by Crippen LogP contribution is -2.00. The second kappa shape index (κ2) is 4.01. The van der Waals surface area contributed by atoms with Gasteiger partial charge in [-0.3, -0.25) is 4.57 Å². The molecule has 0 bridgehead atoms. The molecule has 3 rings (SSSR count). The topological polar surface area (TPSA) is 48.0 Å². The number of rotatable bonds is 3. The van der Waals surface area contributed by atoms with Crippen molar-refractivity contribution in [3.63, 3.8) is 0 Å². The average Bonchev–Trinajstić information content (AvgIpc) is 2.95. The minimum Gasteiger partial charge on any atom is -0.299 e. The maximum atomic E-state index is 4.37. The molecule has 3 aromatic heterocycles. The van der Waals surface area contributed by atoms with Gasteiger partial charge in [0, 0.05) is 31.2 Å². The van der Waals surface area contributed by atoms with Gasteiger partial charge < -0.3 is 0 Å². The first-order chi connectivity index (χ1) is 8.40. The van der Waals surface area contributed by atoms with E-state index < -0.39 is 0 Å². The van der Waals surface area contributed by atoms with Gasteiger partial charge in [-0.1, -0.05) is 6.92 Å². The first-order valence-corrected chi connectivity index (χ1v) is 5.71. The van der Waals surface area contributed by atoms with Gasteiger partial charge in [0.1, 0.15) is 11.5 Å². The molecule has 3 heterocycles. The molecule has 17 heavy (non-hydrogen) atoms. The zero-order chi connectivity index (χ0) is 11.7.